The van der Waals surface area contributed by atoms with Gasteiger partial charge in [0.25, 0.3) is 0 Å². The Morgan fingerprint density at radius 3 is 2.94 bits per heavy atom. The summed E-state index contributed by atoms with van der Waals surface area (Å²) in [5.41, 5.74) is 1.82. The van der Waals surface area contributed by atoms with Crippen LogP contribution in [-0.4, -0.2) is 25.1 Å². The fourth-order valence-corrected chi connectivity index (χ4v) is 2.35. The predicted octanol–water partition coefficient (Wildman–Crippen LogP) is 2.41. The lowest BCUT2D eigenvalue weighted by atomic mass is 10.1. The van der Waals surface area contributed by atoms with Crippen LogP contribution in [0.1, 0.15) is 24.5 Å². The van der Waals surface area contributed by atoms with Crippen LogP contribution in [0.5, 0.6) is 5.75 Å². The summed E-state index contributed by atoms with van der Waals surface area (Å²) in [5, 5.41) is 8.92. The Labute approximate surface area is 103 Å². The van der Waals surface area contributed by atoms with Crippen LogP contribution in [0.4, 0.5) is 0 Å². The summed E-state index contributed by atoms with van der Waals surface area (Å²) >= 11 is 0. The van der Waals surface area contributed by atoms with E-state index in [1.807, 2.05) is 18.2 Å². The highest BCUT2D eigenvalue weighted by molar-refractivity contribution is 5.45. The summed E-state index contributed by atoms with van der Waals surface area (Å²) in [4.78, 5) is 2.45. The number of ether oxygens (including phenoxy) is 1. The molecule has 1 saturated heterocycles. The molecule has 1 atom stereocenters. The van der Waals surface area contributed by atoms with Crippen LogP contribution in [0.15, 0.2) is 18.2 Å². The number of likely N-dealkylation sites (tertiary alicyclic amines) is 1. The topological polar surface area (TPSA) is 36.3 Å². The van der Waals surface area contributed by atoms with Crippen LogP contribution in [0, 0.1) is 17.2 Å². The zero-order chi connectivity index (χ0) is 12.3. The third-order valence-corrected chi connectivity index (χ3v) is 3.30. The first-order valence-corrected chi connectivity index (χ1v) is 6.02. The Morgan fingerprint density at radius 1 is 1.53 bits per heavy atom. The first kappa shape index (κ1) is 11.9. The number of rotatable bonds is 3. The van der Waals surface area contributed by atoms with E-state index in [1.165, 1.54) is 25.1 Å². The molecule has 0 aromatic heterocycles. The molecule has 1 unspecified atom stereocenters. The van der Waals surface area contributed by atoms with Crippen molar-refractivity contribution >= 4 is 0 Å². The number of nitrogens with zero attached hydrogens (tertiary/aromatic N) is 2. The molecular formula is C14H18N2O. The van der Waals surface area contributed by atoms with Crippen molar-refractivity contribution in [2.45, 2.75) is 19.9 Å². The maximum absolute atomic E-state index is 8.92. The van der Waals surface area contributed by atoms with Gasteiger partial charge in [-0.05, 0) is 36.6 Å². The molecule has 0 radical (unpaired) electrons. The van der Waals surface area contributed by atoms with Crippen LogP contribution in [0.25, 0.3) is 0 Å². The quantitative estimate of drug-likeness (QED) is 0.800. The molecule has 1 aliphatic heterocycles. The second-order valence-electron chi connectivity index (χ2n) is 4.78. The number of nitriles is 1. The van der Waals surface area contributed by atoms with Crippen molar-refractivity contribution in [1.29, 1.82) is 5.26 Å². The maximum atomic E-state index is 8.92. The summed E-state index contributed by atoms with van der Waals surface area (Å²) in [6, 6.07) is 7.97. The lowest BCUT2D eigenvalue weighted by Gasteiger charge is -2.16. The van der Waals surface area contributed by atoms with Crippen LogP contribution >= 0.6 is 0 Å². The van der Waals surface area contributed by atoms with Crippen LogP contribution < -0.4 is 4.74 Å². The first-order chi connectivity index (χ1) is 8.22. The van der Waals surface area contributed by atoms with E-state index in [0.29, 0.717) is 11.3 Å². The highest BCUT2D eigenvalue weighted by Gasteiger charge is 2.18. The third kappa shape index (κ3) is 2.78. The van der Waals surface area contributed by atoms with Gasteiger partial charge in [-0.3, -0.25) is 4.90 Å². The zero-order valence-corrected chi connectivity index (χ0v) is 10.4. The average Bonchev–Trinajstić information content (AvgIpc) is 2.74. The standard InChI is InChI=1S/C14H18N2O/c1-11-5-6-16(9-11)10-12-3-4-13(8-15)14(7-12)17-2/h3-4,7,11H,5-6,9-10H2,1-2H3. The van der Waals surface area contributed by atoms with E-state index in [4.69, 9.17) is 10.00 Å². The van der Waals surface area contributed by atoms with Crippen molar-refractivity contribution in [3.63, 3.8) is 0 Å². The van der Waals surface area contributed by atoms with Gasteiger partial charge in [-0.25, -0.2) is 0 Å². The minimum Gasteiger partial charge on any atom is -0.495 e. The number of benzene rings is 1. The van der Waals surface area contributed by atoms with Crippen molar-refractivity contribution in [3.05, 3.63) is 29.3 Å². The fourth-order valence-electron chi connectivity index (χ4n) is 2.35. The normalized spacial score (nSPS) is 20.2. The minimum absolute atomic E-state index is 0.603. The van der Waals surface area contributed by atoms with Crippen LogP contribution in [0.3, 0.4) is 0 Å². The number of hydrogen-bond donors (Lipinski definition) is 0. The van der Waals surface area contributed by atoms with Crippen molar-refractivity contribution in [3.8, 4) is 11.8 Å². The van der Waals surface area contributed by atoms with E-state index in [-0.39, 0.29) is 0 Å². The van der Waals surface area contributed by atoms with Crippen molar-refractivity contribution in [2.24, 2.45) is 5.92 Å². The lowest BCUT2D eigenvalue weighted by molar-refractivity contribution is 0.319. The molecule has 0 spiro atoms. The molecule has 0 N–H and O–H groups in total. The van der Waals surface area contributed by atoms with E-state index in [1.54, 1.807) is 7.11 Å². The molecule has 90 valence electrons. The van der Waals surface area contributed by atoms with Gasteiger partial charge in [-0.2, -0.15) is 5.26 Å². The average molecular weight is 230 g/mol. The second kappa shape index (κ2) is 5.20. The molecule has 0 saturated carbocycles. The molecule has 2 rings (SSSR count). The van der Waals surface area contributed by atoms with E-state index >= 15 is 0 Å². The first-order valence-electron chi connectivity index (χ1n) is 6.02. The molecule has 1 aromatic rings. The van der Waals surface area contributed by atoms with Crippen molar-refractivity contribution < 1.29 is 4.74 Å². The summed E-state index contributed by atoms with van der Waals surface area (Å²) < 4.78 is 5.22. The number of hydrogen-bond acceptors (Lipinski definition) is 3. The molecule has 0 bridgehead atoms. The molecule has 1 fully saturated rings. The predicted molar refractivity (Wildman–Crippen MR) is 66.8 cm³/mol. The summed E-state index contributed by atoms with van der Waals surface area (Å²) in [6.07, 6.45) is 1.29. The van der Waals surface area contributed by atoms with Gasteiger partial charge in [-0.1, -0.05) is 13.0 Å². The zero-order valence-electron chi connectivity index (χ0n) is 10.4. The van der Waals surface area contributed by atoms with E-state index in [9.17, 15) is 0 Å². The van der Waals surface area contributed by atoms with Crippen LogP contribution in [-0.2, 0) is 6.54 Å². The molecule has 1 aliphatic rings. The van der Waals surface area contributed by atoms with E-state index in [0.717, 1.165) is 12.5 Å². The molecule has 0 amide bonds. The van der Waals surface area contributed by atoms with Crippen molar-refractivity contribution in [1.82, 2.24) is 4.90 Å². The smallest absolute Gasteiger partial charge is 0.136 e. The lowest BCUT2D eigenvalue weighted by Crippen LogP contribution is -2.19. The van der Waals surface area contributed by atoms with Crippen molar-refractivity contribution in [2.75, 3.05) is 20.2 Å². The summed E-state index contributed by atoms with van der Waals surface area (Å²) in [6.45, 7) is 5.58. The monoisotopic (exact) mass is 230 g/mol. The highest BCUT2D eigenvalue weighted by Crippen LogP contribution is 2.22. The molecule has 3 heteroatoms. The van der Waals surface area contributed by atoms with Gasteiger partial charge >= 0.3 is 0 Å². The Hall–Kier alpha value is -1.53. The van der Waals surface area contributed by atoms with E-state index < -0.39 is 0 Å². The van der Waals surface area contributed by atoms with Gasteiger partial charge < -0.3 is 4.74 Å². The molecule has 17 heavy (non-hydrogen) atoms. The SMILES string of the molecule is COc1cc(CN2CCC(C)C2)ccc1C#N. The summed E-state index contributed by atoms with van der Waals surface area (Å²) in [7, 11) is 1.61. The minimum atomic E-state index is 0.603. The second-order valence-corrected chi connectivity index (χ2v) is 4.78. The Morgan fingerprint density at radius 2 is 2.35 bits per heavy atom. The van der Waals surface area contributed by atoms with E-state index in [2.05, 4.69) is 17.9 Å². The number of methoxy groups -OCH3 is 1. The largest absolute Gasteiger partial charge is 0.495 e. The van der Waals surface area contributed by atoms with Gasteiger partial charge in [0, 0.05) is 13.1 Å². The molecule has 3 nitrogen and oxygen atoms in total. The Bertz CT molecular complexity index is 436. The van der Waals surface area contributed by atoms with Gasteiger partial charge in [0.15, 0.2) is 0 Å². The van der Waals surface area contributed by atoms with Gasteiger partial charge in [0.05, 0.1) is 12.7 Å². The molecular weight excluding hydrogens is 212 g/mol. The van der Waals surface area contributed by atoms with Crippen LogP contribution in [0.2, 0.25) is 0 Å². The van der Waals surface area contributed by atoms with Gasteiger partial charge in [0.1, 0.15) is 11.8 Å². The summed E-state index contributed by atoms with van der Waals surface area (Å²) in [5.74, 6) is 1.48. The third-order valence-electron chi connectivity index (χ3n) is 3.30. The fraction of sp³-hybridized carbons (Fsp3) is 0.500. The molecule has 1 aromatic carbocycles. The van der Waals surface area contributed by atoms with Gasteiger partial charge in [0.2, 0.25) is 0 Å². The molecule has 1 heterocycles. The Balaban J connectivity index is 2.09. The van der Waals surface area contributed by atoms with Gasteiger partial charge in [-0.15, -0.1) is 0 Å². The highest BCUT2D eigenvalue weighted by atomic mass is 16.5. The molecule has 0 aliphatic carbocycles. The Kier molecular flexibility index (Phi) is 3.65. The maximum Gasteiger partial charge on any atom is 0.136 e.